The van der Waals surface area contributed by atoms with Crippen molar-refractivity contribution in [3.8, 4) is 0 Å². The van der Waals surface area contributed by atoms with Crippen molar-refractivity contribution in [2.75, 3.05) is 6.61 Å². The van der Waals surface area contributed by atoms with E-state index in [2.05, 4.69) is 18.5 Å². The maximum absolute atomic E-state index is 5.43. The zero-order chi connectivity index (χ0) is 8.10. The van der Waals surface area contributed by atoms with Gasteiger partial charge in [-0.3, -0.25) is 0 Å². The first-order chi connectivity index (χ1) is 5.33. The van der Waals surface area contributed by atoms with E-state index in [1.165, 1.54) is 12.8 Å². The minimum Gasteiger partial charge on any atom is -0.361 e. The predicted molar refractivity (Wildman–Crippen MR) is 46.1 cm³/mol. The summed E-state index contributed by atoms with van der Waals surface area (Å²) >= 11 is 0. The molecule has 1 aliphatic rings. The Balaban J connectivity index is 2.24. The Hall–Kier alpha value is -0.760. The summed E-state index contributed by atoms with van der Waals surface area (Å²) in [6.07, 6.45) is 5.36. The average Bonchev–Trinajstić information content (AvgIpc) is 2.06. The Morgan fingerprint density at radius 1 is 1.55 bits per heavy atom. The molecule has 1 atom stereocenters. The normalized spacial score (nSPS) is 24.2. The van der Waals surface area contributed by atoms with Gasteiger partial charge in [-0.1, -0.05) is 13.2 Å². The number of rotatable bonds is 3. The Labute approximate surface area is 67.9 Å². The molecule has 1 unspecified atom stereocenters. The molecule has 1 saturated heterocycles. The molecule has 0 radical (unpaired) electrons. The summed E-state index contributed by atoms with van der Waals surface area (Å²) in [6, 6.07) is 0. The SMILES string of the molecule is C=CC(=C)NC1CCCCO1. The van der Waals surface area contributed by atoms with Crippen LogP contribution in [0.4, 0.5) is 0 Å². The van der Waals surface area contributed by atoms with Crippen LogP contribution in [0, 0.1) is 0 Å². The summed E-state index contributed by atoms with van der Waals surface area (Å²) in [6.45, 7) is 8.23. The Morgan fingerprint density at radius 2 is 2.36 bits per heavy atom. The van der Waals surface area contributed by atoms with Gasteiger partial charge in [0.1, 0.15) is 6.23 Å². The van der Waals surface area contributed by atoms with E-state index >= 15 is 0 Å². The molecule has 1 fully saturated rings. The quantitative estimate of drug-likeness (QED) is 0.624. The van der Waals surface area contributed by atoms with Gasteiger partial charge in [0, 0.05) is 12.3 Å². The lowest BCUT2D eigenvalue weighted by Gasteiger charge is -2.24. The van der Waals surface area contributed by atoms with Crippen molar-refractivity contribution in [2.45, 2.75) is 25.5 Å². The van der Waals surface area contributed by atoms with E-state index in [9.17, 15) is 0 Å². The van der Waals surface area contributed by atoms with Crippen LogP contribution in [0.25, 0.3) is 0 Å². The fraction of sp³-hybridized carbons (Fsp3) is 0.556. The summed E-state index contributed by atoms with van der Waals surface area (Å²) in [5.41, 5.74) is 0.844. The Bertz CT molecular complexity index is 148. The molecule has 1 aliphatic heterocycles. The first-order valence-corrected chi connectivity index (χ1v) is 4.02. The first-order valence-electron chi connectivity index (χ1n) is 4.02. The van der Waals surface area contributed by atoms with Gasteiger partial charge in [0.25, 0.3) is 0 Å². The van der Waals surface area contributed by atoms with Crippen molar-refractivity contribution in [3.05, 3.63) is 24.9 Å². The molecule has 0 aromatic carbocycles. The van der Waals surface area contributed by atoms with Crippen molar-refractivity contribution < 1.29 is 4.74 Å². The van der Waals surface area contributed by atoms with Gasteiger partial charge in [-0.05, 0) is 25.3 Å². The molecule has 1 N–H and O–H groups in total. The number of allylic oxidation sites excluding steroid dienone is 1. The fourth-order valence-corrected chi connectivity index (χ4v) is 1.12. The minimum atomic E-state index is 0.161. The molecule has 0 aromatic heterocycles. The minimum absolute atomic E-state index is 0.161. The van der Waals surface area contributed by atoms with Crippen LogP contribution in [-0.2, 0) is 4.74 Å². The molecule has 0 aromatic rings. The standard InChI is InChI=1S/C9H15NO/c1-3-8(2)10-9-6-4-5-7-11-9/h3,9-10H,1-2,4-7H2. The molecular weight excluding hydrogens is 138 g/mol. The van der Waals surface area contributed by atoms with Crippen molar-refractivity contribution >= 4 is 0 Å². The number of hydrogen-bond donors (Lipinski definition) is 1. The van der Waals surface area contributed by atoms with E-state index in [0.717, 1.165) is 18.7 Å². The van der Waals surface area contributed by atoms with Crippen molar-refractivity contribution in [2.24, 2.45) is 0 Å². The Kier molecular flexibility index (Phi) is 3.17. The highest BCUT2D eigenvalue weighted by Crippen LogP contribution is 2.11. The summed E-state index contributed by atoms with van der Waals surface area (Å²) in [4.78, 5) is 0. The van der Waals surface area contributed by atoms with Gasteiger partial charge in [0.2, 0.25) is 0 Å². The van der Waals surface area contributed by atoms with Gasteiger partial charge < -0.3 is 10.1 Å². The van der Waals surface area contributed by atoms with Crippen LogP contribution in [0.5, 0.6) is 0 Å². The van der Waals surface area contributed by atoms with Crippen LogP contribution in [-0.4, -0.2) is 12.8 Å². The zero-order valence-corrected chi connectivity index (χ0v) is 6.81. The van der Waals surface area contributed by atoms with Gasteiger partial charge in [-0.2, -0.15) is 0 Å². The largest absolute Gasteiger partial charge is 0.361 e. The third-order valence-electron chi connectivity index (χ3n) is 1.77. The molecular formula is C9H15NO. The van der Waals surface area contributed by atoms with E-state index in [1.54, 1.807) is 6.08 Å². The average molecular weight is 153 g/mol. The monoisotopic (exact) mass is 153 g/mol. The molecule has 0 amide bonds. The van der Waals surface area contributed by atoms with Gasteiger partial charge in [-0.15, -0.1) is 0 Å². The maximum atomic E-state index is 5.43. The molecule has 2 heteroatoms. The van der Waals surface area contributed by atoms with E-state index < -0.39 is 0 Å². The van der Waals surface area contributed by atoms with Crippen LogP contribution in [0.2, 0.25) is 0 Å². The van der Waals surface area contributed by atoms with Crippen LogP contribution in [0.3, 0.4) is 0 Å². The number of hydrogen-bond acceptors (Lipinski definition) is 2. The molecule has 11 heavy (non-hydrogen) atoms. The topological polar surface area (TPSA) is 21.3 Å². The highest BCUT2D eigenvalue weighted by atomic mass is 16.5. The smallest absolute Gasteiger partial charge is 0.127 e. The van der Waals surface area contributed by atoms with Crippen LogP contribution < -0.4 is 5.32 Å². The fourth-order valence-electron chi connectivity index (χ4n) is 1.12. The van der Waals surface area contributed by atoms with Crippen LogP contribution in [0.1, 0.15) is 19.3 Å². The summed E-state index contributed by atoms with van der Waals surface area (Å²) in [7, 11) is 0. The van der Waals surface area contributed by atoms with Crippen molar-refractivity contribution in [1.82, 2.24) is 5.32 Å². The zero-order valence-electron chi connectivity index (χ0n) is 6.81. The summed E-state index contributed by atoms with van der Waals surface area (Å²) in [5.74, 6) is 0. The predicted octanol–water partition coefficient (Wildman–Crippen LogP) is 1.80. The maximum Gasteiger partial charge on any atom is 0.127 e. The molecule has 1 heterocycles. The molecule has 2 nitrogen and oxygen atoms in total. The first kappa shape index (κ1) is 8.34. The summed E-state index contributed by atoms with van der Waals surface area (Å²) < 4.78 is 5.43. The second-order valence-corrected chi connectivity index (χ2v) is 2.73. The second-order valence-electron chi connectivity index (χ2n) is 2.73. The van der Waals surface area contributed by atoms with Gasteiger partial charge in [0.05, 0.1) is 0 Å². The van der Waals surface area contributed by atoms with Gasteiger partial charge in [-0.25, -0.2) is 0 Å². The highest BCUT2D eigenvalue weighted by molar-refractivity contribution is 5.08. The van der Waals surface area contributed by atoms with E-state index in [0.29, 0.717) is 0 Å². The third-order valence-corrected chi connectivity index (χ3v) is 1.77. The molecule has 0 saturated carbocycles. The van der Waals surface area contributed by atoms with Crippen molar-refractivity contribution in [3.63, 3.8) is 0 Å². The van der Waals surface area contributed by atoms with Crippen molar-refractivity contribution in [1.29, 1.82) is 0 Å². The third kappa shape index (κ3) is 2.76. The molecule has 0 bridgehead atoms. The van der Waals surface area contributed by atoms with Gasteiger partial charge >= 0.3 is 0 Å². The van der Waals surface area contributed by atoms with E-state index in [1.807, 2.05) is 0 Å². The summed E-state index contributed by atoms with van der Waals surface area (Å²) in [5, 5.41) is 3.13. The number of ether oxygens (including phenoxy) is 1. The van der Waals surface area contributed by atoms with Crippen LogP contribution in [0.15, 0.2) is 24.9 Å². The lowest BCUT2D eigenvalue weighted by molar-refractivity contribution is 0.00188. The Morgan fingerprint density at radius 3 is 2.91 bits per heavy atom. The van der Waals surface area contributed by atoms with Crippen LogP contribution >= 0.6 is 0 Å². The van der Waals surface area contributed by atoms with E-state index in [4.69, 9.17) is 4.74 Å². The van der Waals surface area contributed by atoms with E-state index in [-0.39, 0.29) is 6.23 Å². The number of nitrogens with one attached hydrogen (secondary N) is 1. The van der Waals surface area contributed by atoms with Gasteiger partial charge in [0.15, 0.2) is 0 Å². The lowest BCUT2D eigenvalue weighted by atomic mass is 10.2. The highest BCUT2D eigenvalue weighted by Gasteiger charge is 2.12. The molecule has 0 spiro atoms. The molecule has 0 aliphatic carbocycles. The molecule has 62 valence electrons. The lowest BCUT2D eigenvalue weighted by Crippen LogP contribution is -2.33. The second kappa shape index (κ2) is 4.19. The molecule has 1 rings (SSSR count).